The van der Waals surface area contributed by atoms with Gasteiger partial charge in [0.2, 0.25) is 0 Å². The zero-order valence-electron chi connectivity index (χ0n) is 10.9. The monoisotopic (exact) mass is 266 g/mol. The lowest BCUT2D eigenvalue weighted by Gasteiger charge is -2.31. The van der Waals surface area contributed by atoms with Crippen LogP contribution < -0.4 is 0 Å². The maximum absolute atomic E-state index is 12.2. The van der Waals surface area contributed by atoms with E-state index in [0.717, 1.165) is 37.9 Å². The van der Waals surface area contributed by atoms with Crippen molar-refractivity contribution < 1.29 is 9.31 Å². The number of benzene rings is 1. The Morgan fingerprint density at radius 2 is 1.89 bits per heavy atom. The molecule has 0 amide bonds. The molecule has 2 rings (SSSR count). The molecule has 5 heteroatoms. The van der Waals surface area contributed by atoms with Gasteiger partial charge in [-0.15, -0.1) is 0 Å². The van der Waals surface area contributed by atoms with Crippen LogP contribution in [-0.4, -0.2) is 36.1 Å². The van der Waals surface area contributed by atoms with E-state index < -0.39 is 0 Å². The predicted molar refractivity (Wildman–Crippen MR) is 71.9 cm³/mol. The SMILES string of the molecule is O=[N+]([O-])c1ccc(CC2CCN(CCF)CC2)cc1. The minimum atomic E-state index is -0.376. The molecule has 1 aromatic rings. The normalized spacial score (nSPS) is 17.5. The standard InChI is InChI=1S/C14H19FN2O2/c15-7-10-16-8-5-13(6-9-16)11-12-1-3-14(4-2-12)17(18)19/h1-4,13H,5-11H2. The molecule has 104 valence electrons. The van der Waals surface area contributed by atoms with Crippen LogP contribution in [-0.2, 0) is 6.42 Å². The number of hydrogen-bond donors (Lipinski definition) is 0. The number of non-ortho nitro benzene ring substituents is 1. The molecule has 0 unspecified atom stereocenters. The highest BCUT2D eigenvalue weighted by atomic mass is 19.1. The fraction of sp³-hybridized carbons (Fsp3) is 0.571. The summed E-state index contributed by atoms with van der Waals surface area (Å²) in [7, 11) is 0. The summed E-state index contributed by atoms with van der Waals surface area (Å²) in [6.45, 7) is 2.19. The van der Waals surface area contributed by atoms with Gasteiger partial charge in [-0.05, 0) is 43.8 Å². The Labute approximate surface area is 112 Å². The Hall–Kier alpha value is -1.49. The number of nitrogens with zero attached hydrogens (tertiary/aromatic N) is 2. The highest BCUT2D eigenvalue weighted by molar-refractivity contribution is 5.33. The molecule has 0 aromatic heterocycles. The molecule has 1 aliphatic heterocycles. The van der Waals surface area contributed by atoms with Crippen LogP contribution in [0.3, 0.4) is 0 Å². The van der Waals surface area contributed by atoms with E-state index >= 15 is 0 Å². The zero-order valence-corrected chi connectivity index (χ0v) is 10.9. The summed E-state index contributed by atoms with van der Waals surface area (Å²) in [5, 5.41) is 10.6. The molecule has 0 atom stereocenters. The fourth-order valence-electron chi connectivity index (χ4n) is 2.62. The smallest absolute Gasteiger partial charge is 0.269 e. The third-order valence-corrected chi connectivity index (χ3v) is 3.78. The second kappa shape index (κ2) is 6.61. The maximum Gasteiger partial charge on any atom is 0.269 e. The van der Waals surface area contributed by atoms with Gasteiger partial charge in [0.05, 0.1) is 4.92 Å². The molecule has 1 fully saturated rings. The number of piperidine rings is 1. The maximum atomic E-state index is 12.2. The molecule has 0 aliphatic carbocycles. The summed E-state index contributed by atoms with van der Waals surface area (Å²) in [4.78, 5) is 12.4. The first-order valence-corrected chi connectivity index (χ1v) is 6.70. The Morgan fingerprint density at radius 3 is 2.42 bits per heavy atom. The Bertz CT molecular complexity index is 414. The number of hydrogen-bond acceptors (Lipinski definition) is 3. The van der Waals surface area contributed by atoms with E-state index in [0.29, 0.717) is 12.5 Å². The summed E-state index contributed by atoms with van der Waals surface area (Å²) in [6.07, 6.45) is 3.12. The van der Waals surface area contributed by atoms with Crippen LogP contribution in [0.1, 0.15) is 18.4 Å². The van der Waals surface area contributed by atoms with Crippen LogP contribution in [0, 0.1) is 16.0 Å². The van der Waals surface area contributed by atoms with Crippen molar-refractivity contribution in [2.75, 3.05) is 26.3 Å². The average Bonchev–Trinajstić information content (AvgIpc) is 2.42. The van der Waals surface area contributed by atoms with Crippen LogP contribution >= 0.6 is 0 Å². The summed E-state index contributed by atoms with van der Waals surface area (Å²) in [5.41, 5.74) is 1.29. The van der Waals surface area contributed by atoms with Crippen LogP contribution in [0.2, 0.25) is 0 Å². The molecule has 0 spiro atoms. The fourth-order valence-corrected chi connectivity index (χ4v) is 2.62. The summed E-state index contributed by atoms with van der Waals surface area (Å²) in [6, 6.07) is 6.80. The van der Waals surface area contributed by atoms with Gasteiger partial charge in [-0.2, -0.15) is 0 Å². The number of halogens is 1. The van der Waals surface area contributed by atoms with Gasteiger partial charge in [-0.1, -0.05) is 12.1 Å². The minimum absolute atomic E-state index is 0.140. The van der Waals surface area contributed by atoms with Crippen molar-refractivity contribution in [2.24, 2.45) is 5.92 Å². The van der Waals surface area contributed by atoms with Gasteiger partial charge in [0.15, 0.2) is 0 Å². The van der Waals surface area contributed by atoms with Gasteiger partial charge >= 0.3 is 0 Å². The Kier molecular flexibility index (Phi) is 4.85. The van der Waals surface area contributed by atoms with Gasteiger partial charge in [-0.3, -0.25) is 10.1 Å². The van der Waals surface area contributed by atoms with Crippen molar-refractivity contribution in [2.45, 2.75) is 19.3 Å². The van der Waals surface area contributed by atoms with Crippen LogP contribution in [0.25, 0.3) is 0 Å². The molecule has 0 saturated carbocycles. The van der Waals surface area contributed by atoms with Gasteiger partial charge in [0.25, 0.3) is 5.69 Å². The zero-order chi connectivity index (χ0) is 13.7. The molecular formula is C14H19FN2O2. The molecular weight excluding hydrogens is 247 g/mol. The quantitative estimate of drug-likeness (QED) is 0.608. The van der Waals surface area contributed by atoms with E-state index in [1.54, 1.807) is 12.1 Å². The molecule has 19 heavy (non-hydrogen) atoms. The molecule has 4 nitrogen and oxygen atoms in total. The van der Waals surface area contributed by atoms with Gasteiger partial charge < -0.3 is 4.90 Å². The van der Waals surface area contributed by atoms with Gasteiger partial charge in [0, 0.05) is 18.7 Å². The van der Waals surface area contributed by atoms with Crippen LogP contribution in [0.4, 0.5) is 10.1 Å². The lowest BCUT2D eigenvalue weighted by atomic mass is 9.90. The highest BCUT2D eigenvalue weighted by Crippen LogP contribution is 2.22. The molecule has 1 heterocycles. The van der Waals surface area contributed by atoms with E-state index in [4.69, 9.17) is 0 Å². The largest absolute Gasteiger partial charge is 0.301 e. The first-order valence-electron chi connectivity index (χ1n) is 6.70. The number of nitro groups is 1. The van der Waals surface area contributed by atoms with Crippen molar-refractivity contribution in [1.82, 2.24) is 4.90 Å². The molecule has 1 aliphatic rings. The third kappa shape index (κ3) is 3.99. The van der Waals surface area contributed by atoms with Crippen molar-refractivity contribution in [3.05, 3.63) is 39.9 Å². The first-order chi connectivity index (χ1) is 9.19. The van der Waals surface area contributed by atoms with E-state index in [9.17, 15) is 14.5 Å². The highest BCUT2D eigenvalue weighted by Gasteiger charge is 2.19. The van der Waals surface area contributed by atoms with Gasteiger partial charge in [-0.25, -0.2) is 4.39 Å². The van der Waals surface area contributed by atoms with Crippen LogP contribution in [0.5, 0.6) is 0 Å². The summed E-state index contributed by atoms with van der Waals surface area (Å²) in [5.74, 6) is 0.609. The van der Waals surface area contributed by atoms with Crippen molar-refractivity contribution in [1.29, 1.82) is 0 Å². The second-order valence-electron chi connectivity index (χ2n) is 5.10. The molecule has 1 saturated heterocycles. The molecule has 0 radical (unpaired) electrons. The number of likely N-dealkylation sites (tertiary alicyclic amines) is 1. The average molecular weight is 266 g/mol. The van der Waals surface area contributed by atoms with Crippen molar-refractivity contribution in [3.8, 4) is 0 Å². The van der Waals surface area contributed by atoms with Gasteiger partial charge in [0.1, 0.15) is 6.67 Å². The Balaban J connectivity index is 1.83. The lowest BCUT2D eigenvalue weighted by molar-refractivity contribution is -0.384. The molecule has 1 aromatic carbocycles. The second-order valence-corrected chi connectivity index (χ2v) is 5.10. The molecule has 0 bridgehead atoms. The number of rotatable bonds is 5. The van der Waals surface area contributed by atoms with Crippen LogP contribution in [0.15, 0.2) is 24.3 Å². The van der Waals surface area contributed by atoms with E-state index in [1.807, 2.05) is 12.1 Å². The number of alkyl halides is 1. The van der Waals surface area contributed by atoms with E-state index in [1.165, 1.54) is 0 Å². The third-order valence-electron chi connectivity index (χ3n) is 3.78. The molecule has 0 N–H and O–H groups in total. The van der Waals surface area contributed by atoms with E-state index in [2.05, 4.69) is 4.90 Å². The van der Waals surface area contributed by atoms with Crippen molar-refractivity contribution in [3.63, 3.8) is 0 Å². The predicted octanol–water partition coefficient (Wildman–Crippen LogP) is 2.82. The first kappa shape index (κ1) is 13.9. The summed E-state index contributed by atoms with van der Waals surface area (Å²) < 4.78 is 12.2. The Morgan fingerprint density at radius 1 is 1.26 bits per heavy atom. The lowest BCUT2D eigenvalue weighted by Crippen LogP contribution is -2.35. The van der Waals surface area contributed by atoms with Crippen molar-refractivity contribution >= 4 is 5.69 Å². The van der Waals surface area contributed by atoms with E-state index in [-0.39, 0.29) is 17.3 Å². The summed E-state index contributed by atoms with van der Waals surface area (Å²) >= 11 is 0. The topological polar surface area (TPSA) is 46.4 Å². The minimum Gasteiger partial charge on any atom is -0.301 e. The number of nitro benzene ring substituents is 1.